The number of fused-ring (bicyclic) bond motifs is 2. The first-order valence-electron chi connectivity index (χ1n) is 29.3. The van der Waals surface area contributed by atoms with Gasteiger partial charge in [0.2, 0.25) is 11.8 Å². The SMILES string of the molecule is C.CC(=O)c1cn(CC(=O)N2C[C@H](F)C[C@H]2C(=O)Nc2cccc(-c3ccccc3Cl)c2F)c2cc(O)c(-c3cnc(C)nc3)cc12.CC(=O)c1cn(CC(=O)O)c2cc(O)c(-c3cnc(C)nc3)cc12.Cl.O=C(Cc1cccc(-c2ccccc2Cl)c1F)[C@@H]1C[C@@H](F)CN1.S.S=S. The molecule has 0 aliphatic carbocycles. The van der Waals surface area contributed by atoms with Crippen LogP contribution in [0.15, 0.2) is 146 Å². The molecule has 12 rings (SSSR count). The second kappa shape index (κ2) is 34.4. The van der Waals surface area contributed by atoms with Gasteiger partial charge in [0.25, 0.3) is 0 Å². The molecule has 18 nitrogen and oxygen atoms in total. The zero-order valence-electron chi connectivity index (χ0n) is 52.0. The van der Waals surface area contributed by atoms with Crippen LogP contribution in [0.5, 0.6) is 11.5 Å². The average Bonchev–Trinajstić information content (AvgIpc) is 1.60. The lowest BCUT2D eigenvalue weighted by Gasteiger charge is -2.24. The van der Waals surface area contributed by atoms with E-state index in [1.807, 2.05) is 0 Å². The molecule has 2 saturated heterocycles. The Morgan fingerprint density at radius 1 is 0.633 bits per heavy atom. The largest absolute Gasteiger partial charge is 0.507 e. The summed E-state index contributed by atoms with van der Waals surface area (Å²) in [6, 6.07) is 27.5. The fourth-order valence-corrected chi connectivity index (χ4v) is 11.8. The van der Waals surface area contributed by atoms with Crippen LogP contribution in [-0.2, 0) is 61.1 Å². The lowest BCUT2D eigenvalue weighted by molar-refractivity contribution is -0.137. The number of hydrogen-bond donors (Lipinski definition) is 5. The number of ketones is 3. The molecule has 2 amide bonds. The first-order chi connectivity index (χ1) is 45.4. The van der Waals surface area contributed by atoms with Crippen molar-refractivity contribution in [3.8, 4) is 56.0 Å². The number of aliphatic carboxylic acids is 1. The summed E-state index contributed by atoms with van der Waals surface area (Å²) in [4.78, 5) is 92.3. The molecule has 0 spiro atoms. The van der Waals surface area contributed by atoms with Crippen molar-refractivity contribution in [3.63, 3.8) is 0 Å². The zero-order valence-corrected chi connectivity index (χ0v) is 57.0. The van der Waals surface area contributed by atoms with Gasteiger partial charge >= 0.3 is 5.97 Å². The van der Waals surface area contributed by atoms with E-state index in [4.69, 9.17) is 28.3 Å². The maximum Gasteiger partial charge on any atom is 0.323 e. The quantitative estimate of drug-likeness (QED) is 0.0472. The molecule has 6 heterocycles. The van der Waals surface area contributed by atoms with Crippen molar-refractivity contribution in [2.45, 2.75) is 91.9 Å². The van der Waals surface area contributed by atoms with Crippen LogP contribution in [0.25, 0.3) is 66.3 Å². The third kappa shape index (κ3) is 17.8. The second-order valence-corrected chi connectivity index (χ2v) is 23.2. The highest BCUT2D eigenvalue weighted by Crippen LogP contribution is 2.39. The van der Waals surface area contributed by atoms with Crippen molar-refractivity contribution in [2.24, 2.45) is 0 Å². The second-order valence-electron chi connectivity index (χ2n) is 22.4. The molecule has 512 valence electrons. The summed E-state index contributed by atoms with van der Waals surface area (Å²) in [7, 11) is 0. The molecule has 10 aromatic rings. The standard InChI is InChI=1S/C34H28ClF2N5O4.C18H16ClF2NO.C17H15N3O4.CH4.ClH.S2.H2S/c1-18(43)26-16-41(29-12-31(44)24(11-25(26)29)20-13-38-19(2)39-14-20)17-32(45)42-15-21(36)10-30(42)34(46)40-28-9-5-7-23(33(28)37)22-6-3-4-8-27(22)35;19-15-7-2-1-5-13(15)14-6-3-4-11(18(14)21)8-17(23)16-9-12(20)10-22-16;1-9(21)14-7-20(8-17(23)24)15-4-16(22)12(3-13(14)15)11-5-18-10(2)19-6-11;;;1-2;/h3-9,11-14,16,21,30,44H,10,15,17H2,1-2H3,(H,40,46);1-7,12,16,22H,8-10H2;3-7,22H,8H2,1-2H3,(H,23,24);1H4;1H;;1H2/t21-,30+;12-,16+;;;;;/m11...../s1. The predicted molar refractivity (Wildman–Crippen MR) is 383 cm³/mol. The molecule has 2 aliphatic rings. The number of anilines is 1. The van der Waals surface area contributed by atoms with Gasteiger partial charge in [0, 0.05) is 174 Å². The summed E-state index contributed by atoms with van der Waals surface area (Å²) in [6.07, 6.45) is 6.62. The average molecular weight is 1460 g/mol. The molecule has 0 radical (unpaired) electrons. The number of carboxylic acids is 1. The van der Waals surface area contributed by atoms with Crippen LogP contribution in [0.1, 0.15) is 72.0 Å². The highest BCUT2D eigenvalue weighted by atomic mass is 35.5. The number of aromatic hydroxyl groups is 2. The van der Waals surface area contributed by atoms with Gasteiger partial charge in [-0.1, -0.05) is 97.4 Å². The van der Waals surface area contributed by atoms with E-state index >= 15 is 4.39 Å². The van der Waals surface area contributed by atoms with Gasteiger partial charge in [-0.3, -0.25) is 28.8 Å². The zero-order chi connectivity index (χ0) is 68.5. The summed E-state index contributed by atoms with van der Waals surface area (Å²) in [5, 5.41) is 37.4. The maximum absolute atomic E-state index is 15.5. The van der Waals surface area contributed by atoms with E-state index in [0.717, 1.165) is 4.90 Å². The summed E-state index contributed by atoms with van der Waals surface area (Å²) in [5.74, 6) is -3.17. The van der Waals surface area contributed by atoms with E-state index < -0.39 is 53.8 Å². The van der Waals surface area contributed by atoms with Crippen molar-refractivity contribution in [1.29, 1.82) is 0 Å². The van der Waals surface area contributed by atoms with Crippen LogP contribution in [-0.4, -0.2) is 122 Å². The Morgan fingerprint density at radius 3 is 1.55 bits per heavy atom. The number of benzene rings is 6. The smallest absolute Gasteiger partial charge is 0.323 e. The van der Waals surface area contributed by atoms with Crippen LogP contribution in [0, 0.1) is 25.5 Å². The summed E-state index contributed by atoms with van der Waals surface area (Å²) >= 11 is 19.7. The number of nitrogens with zero attached hydrogens (tertiary/aromatic N) is 7. The lowest BCUT2D eigenvalue weighted by atomic mass is 9.97. The molecule has 6 aromatic carbocycles. The van der Waals surface area contributed by atoms with Crippen molar-refractivity contribution in [2.75, 3.05) is 18.4 Å². The number of likely N-dealkylation sites (tertiary alicyclic amines) is 1. The Morgan fingerprint density at radius 2 is 1.09 bits per heavy atom. The third-order valence-electron chi connectivity index (χ3n) is 15.9. The Bertz CT molecular complexity index is 4610. The number of alkyl halides is 2. The predicted octanol–water partition coefficient (Wildman–Crippen LogP) is 13.9. The molecule has 98 heavy (non-hydrogen) atoms. The number of amides is 2. The van der Waals surface area contributed by atoms with Crippen LogP contribution in [0.3, 0.4) is 0 Å². The maximum atomic E-state index is 15.5. The molecule has 2 fully saturated rings. The van der Waals surface area contributed by atoms with Crippen LogP contribution < -0.4 is 10.6 Å². The minimum Gasteiger partial charge on any atom is -0.507 e. The van der Waals surface area contributed by atoms with Gasteiger partial charge in [0.05, 0.1) is 29.3 Å². The molecule has 5 N–H and O–H groups in total. The van der Waals surface area contributed by atoms with Gasteiger partial charge in [-0.05, 0) is 63.6 Å². The van der Waals surface area contributed by atoms with Gasteiger partial charge < -0.3 is 40.0 Å². The van der Waals surface area contributed by atoms with E-state index in [1.54, 1.807) is 124 Å². The number of aromatic nitrogens is 6. The number of carboxylic acid groups (broad SMARTS) is 1. The van der Waals surface area contributed by atoms with Crippen LogP contribution in [0.4, 0.5) is 23.2 Å². The van der Waals surface area contributed by atoms with E-state index in [1.165, 1.54) is 59.6 Å². The van der Waals surface area contributed by atoms with Crippen LogP contribution >= 0.6 is 49.1 Å². The van der Waals surface area contributed by atoms with E-state index in [9.17, 15) is 52.2 Å². The Balaban J connectivity index is 0.000000247. The van der Waals surface area contributed by atoms with Gasteiger partial charge in [-0.25, -0.2) is 37.5 Å². The number of rotatable bonds is 15. The summed E-state index contributed by atoms with van der Waals surface area (Å²) < 4.78 is 61.1. The molecule has 0 unspecified atom stereocenters. The lowest BCUT2D eigenvalue weighted by Crippen LogP contribution is -2.44. The van der Waals surface area contributed by atoms with Gasteiger partial charge in [-0.2, -0.15) is 13.5 Å². The Kier molecular flexibility index (Phi) is 27.4. The van der Waals surface area contributed by atoms with Crippen LogP contribution in [0.2, 0.25) is 10.0 Å². The topological polar surface area (TPSA) is 252 Å². The first-order valence-corrected chi connectivity index (χ1v) is 31.4. The number of carbonyl (C=O) groups is 6. The number of Topliss-reactive ketones (excluding diaryl/α,β-unsaturated/α-hetero) is 3. The molecule has 0 bridgehead atoms. The van der Waals surface area contributed by atoms with Gasteiger partial charge in [0.15, 0.2) is 23.2 Å². The monoisotopic (exact) mass is 1450 g/mol. The third-order valence-corrected chi connectivity index (χ3v) is 16.6. The molecule has 4 atom stereocenters. The molecule has 4 aromatic heterocycles. The van der Waals surface area contributed by atoms with Crippen molar-refractivity contribution in [3.05, 3.63) is 196 Å². The molecular formula is C70H66Cl3F4N9O9S3. The molecule has 0 saturated carbocycles. The number of hydrogen-bond acceptors (Lipinski definition) is 15. The normalized spacial score (nSPS) is 15.1. The Hall–Kier alpha value is -9.08. The Labute approximate surface area is 594 Å². The summed E-state index contributed by atoms with van der Waals surface area (Å²) in [5.41, 5.74) is 5.36. The number of halogens is 7. The van der Waals surface area contributed by atoms with E-state index in [0.29, 0.717) is 99.1 Å². The minimum absolute atomic E-state index is 0. The van der Waals surface area contributed by atoms with Crippen molar-refractivity contribution >= 4 is 134 Å². The highest BCUT2D eigenvalue weighted by molar-refractivity contribution is 8.07. The number of phenolic OH excluding ortho intramolecular Hbond substituents is 2. The number of aryl methyl sites for hydroxylation is 2. The van der Waals surface area contributed by atoms with Gasteiger partial charge in [-0.15, -0.1) is 12.4 Å². The molecule has 28 heteroatoms. The molecule has 2 aliphatic heterocycles. The number of nitrogens with one attached hydrogen (secondary N) is 2. The first kappa shape index (κ1) is 77.9. The highest BCUT2D eigenvalue weighted by Gasteiger charge is 2.40. The number of carbonyl (C=O) groups excluding carboxylic acids is 5. The van der Waals surface area contributed by atoms with E-state index in [-0.39, 0.29) is 119 Å². The van der Waals surface area contributed by atoms with Crippen molar-refractivity contribution < 1.29 is 61.6 Å². The van der Waals surface area contributed by atoms with Gasteiger partial charge in [0.1, 0.15) is 60.4 Å². The number of phenols is 2. The fraction of sp³-hybridized carbons (Fsp3) is 0.229. The fourth-order valence-electron chi connectivity index (χ4n) is 11.3. The minimum atomic E-state index is -1.48. The molecular weight excluding hydrogens is 1390 g/mol. The van der Waals surface area contributed by atoms with E-state index in [2.05, 4.69) is 52.9 Å². The summed E-state index contributed by atoms with van der Waals surface area (Å²) in [6.45, 7) is 5.50. The van der Waals surface area contributed by atoms with Crippen molar-refractivity contribution in [1.82, 2.24) is 39.3 Å².